The van der Waals surface area contributed by atoms with E-state index in [2.05, 4.69) is 4.99 Å². The molecular weight excluding hydrogens is 254 g/mol. The number of amides is 1. The third-order valence-corrected chi connectivity index (χ3v) is 3.28. The number of hydrogen-bond donors (Lipinski definition) is 0. The summed E-state index contributed by atoms with van der Waals surface area (Å²) in [5, 5.41) is 0. The molecule has 0 radical (unpaired) electrons. The summed E-state index contributed by atoms with van der Waals surface area (Å²) in [5.74, 6) is 1.06. The molecule has 3 rings (SSSR count). The first-order chi connectivity index (χ1) is 9.74. The van der Waals surface area contributed by atoms with Crippen molar-refractivity contribution in [1.82, 2.24) is 0 Å². The van der Waals surface area contributed by atoms with Crippen molar-refractivity contribution in [3.63, 3.8) is 0 Å². The van der Waals surface area contributed by atoms with E-state index in [-0.39, 0.29) is 5.91 Å². The number of rotatable bonds is 3. The van der Waals surface area contributed by atoms with Crippen LogP contribution < -0.4 is 9.47 Å². The van der Waals surface area contributed by atoms with E-state index in [1.807, 2.05) is 36.4 Å². The van der Waals surface area contributed by atoms with Gasteiger partial charge < -0.3 is 9.47 Å². The number of nitrogens with zero attached hydrogens (tertiary/aromatic N) is 1. The number of carbonyl (C=O) groups excluding carboxylic acids is 1. The Morgan fingerprint density at radius 2 is 1.60 bits per heavy atom. The maximum atomic E-state index is 11.9. The second kappa shape index (κ2) is 4.81. The van der Waals surface area contributed by atoms with Crippen LogP contribution in [0.5, 0.6) is 11.5 Å². The molecule has 0 aliphatic carbocycles. The van der Waals surface area contributed by atoms with Crippen molar-refractivity contribution in [2.24, 2.45) is 4.99 Å². The van der Waals surface area contributed by atoms with Gasteiger partial charge in [0.2, 0.25) is 0 Å². The molecule has 1 aliphatic heterocycles. The van der Waals surface area contributed by atoms with Crippen LogP contribution in [0.15, 0.2) is 47.5 Å². The van der Waals surface area contributed by atoms with Crippen LogP contribution in [-0.4, -0.2) is 25.8 Å². The molecule has 0 bridgehead atoms. The zero-order chi connectivity index (χ0) is 14.1. The summed E-state index contributed by atoms with van der Waals surface area (Å²) >= 11 is 0. The Kier molecular flexibility index (Phi) is 2.99. The van der Waals surface area contributed by atoms with E-state index in [0.717, 1.165) is 11.1 Å². The molecule has 1 aliphatic rings. The Hall–Kier alpha value is -2.62. The van der Waals surface area contributed by atoms with Crippen LogP contribution in [0.2, 0.25) is 0 Å². The number of fused-ring (bicyclic) bond motifs is 1. The molecule has 1 heterocycles. The second-order valence-corrected chi connectivity index (χ2v) is 4.38. The molecule has 100 valence electrons. The third-order valence-electron chi connectivity index (χ3n) is 3.28. The summed E-state index contributed by atoms with van der Waals surface area (Å²) in [6.45, 7) is 0. The Morgan fingerprint density at radius 1 is 0.900 bits per heavy atom. The summed E-state index contributed by atoms with van der Waals surface area (Å²) < 4.78 is 10.5. The quantitative estimate of drug-likeness (QED) is 0.859. The van der Waals surface area contributed by atoms with Gasteiger partial charge in [0.05, 0.1) is 25.5 Å². The average molecular weight is 267 g/mol. The van der Waals surface area contributed by atoms with Crippen LogP contribution in [0.25, 0.3) is 0 Å². The first-order valence-corrected chi connectivity index (χ1v) is 6.19. The van der Waals surface area contributed by atoms with Gasteiger partial charge in [0.1, 0.15) is 0 Å². The smallest absolute Gasteiger partial charge is 0.278 e. The normalized spacial score (nSPS) is 12.9. The van der Waals surface area contributed by atoms with Crippen LogP contribution in [0.1, 0.15) is 21.5 Å². The van der Waals surface area contributed by atoms with Crippen LogP contribution in [0.3, 0.4) is 0 Å². The predicted molar refractivity (Wildman–Crippen MR) is 76.0 cm³/mol. The molecule has 0 aromatic heterocycles. The van der Waals surface area contributed by atoms with Crippen molar-refractivity contribution >= 4 is 11.6 Å². The minimum atomic E-state index is -0.203. The van der Waals surface area contributed by atoms with Gasteiger partial charge in [0.25, 0.3) is 5.91 Å². The summed E-state index contributed by atoms with van der Waals surface area (Å²) in [6, 6.07) is 12.9. The fraction of sp³-hybridized carbons (Fsp3) is 0.125. The van der Waals surface area contributed by atoms with Crippen LogP contribution in [-0.2, 0) is 0 Å². The van der Waals surface area contributed by atoms with Gasteiger partial charge >= 0.3 is 0 Å². The number of hydrogen-bond acceptors (Lipinski definition) is 3. The molecule has 1 amide bonds. The molecule has 2 aromatic rings. The molecule has 4 heteroatoms. The Bertz CT molecular complexity index is 719. The Balaban J connectivity index is 2.11. The number of carbonyl (C=O) groups is 1. The van der Waals surface area contributed by atoms with E-state index in [9.17, 15) is 4.79 Å². The van der Waals surface area contributed by atoms with Gasteiger partial charge in [0, 0.05) is 11.1 Å². The lowest BCUT2D eigenvalue weighted by atomic mass is 10.00. The summed E-state index contributed by atoms with van der Waals surface area (Å²) in [4.78, 5) is 16.0. The molecular formula is C16H13NO3. The average Bonchev–Trinajstić information content (AvgIpc) is 2.84. The highest BCUT2D eigenvalue weighted by molar-refractivity contribution is 6.27. The van der Waals surface area contributed by atoms with Gasteiger partial charge in [-0.05, 0) is 24.3 Å². The standard InChI is InChI=1S/C16H13NO3/c1-19-13-8-7-10(9-14(13)20-2)15-11-5-3-4-6-12(11)16(18)17-15/h3-9H,1-2H3. The molecule has 0 saturated heterocycles. The van der Waals surface area contributed by atoms with E-state index < -0.39 is 0 Å². The minimum absolute atomic E-state index is 0.203. The van der Waals surface area contributed by atoms with Gasteiger partial charge in [0.15, 0.2) is 11.5 Å². The first kappa shape index (κ1) is 12.4. The Morgan fingerprint density at radius 3 is 2.30 bits per heavy atom. The van der Waals surface area contributed by atoms with Crippen LogP contribution >= 0.6 is 0 Å². The molecule has 4 nitrogen and oxygen atoms in total. The van der Waals surface area contributed by atoms with Gasteiger partial charge in [-0.25, -0.2) is 4.99 Å². The highest BCUT2D eigenvalue weighted by Crippen LogP contribution is 2.30. The fourth-order valence-corrected chi connectivity index (χ4v) is 2.30. The zero-order valence-electron chi connectivity index (χ0n) is 11.2. The van der Waals surface area contributed by atoms with Crippen LogP contribution in [0.4, 0.5) is 0 Å². The van der Waals surface area contributed by atoms with Crippen molar-refractivity contribution in [2.45, 2.75) is 0 Å². The lowest BCUT2D eigenvalue weighted by Gasteiger charge is -2.09. The summed E-state index contributed by atoms with van der Waals surface area (Å²) in [5.41, 5.74) is 2.99. The lowest BCUT2D eigenvalue weighted by molar-refractivity contribution is 0.101. The third kappa shape index (κ3) is 1.86. The number of methoxy groups -OCH3 is 2. The SMILES string of the molecule is COc1ccc(C2=NC(=O)c3ccccc32)cc1OC. The summed E-state index contributed by atoms with van der Waals surface area (Å²) in [7, 11) is 3.17. The maximum Gasteiger partial charge on any atom is 0.278 e. The van der Waals surface area contributed by atoms with Gasteiger partial charge in [-0.15, -0.1) is 0 Å². The zero-order valence-corrected chi connectivity index (χ0v) is 11.2. The molecule has 0 saturated carbocycles. The lowest BCUT2D eigenvalue weighted by Crippen LogP contribution is -2.02. The first-order valence-electron chi connectivity index (χ1n) is 6.19. The molecule has 0 unspecified atom stereocenters. The largest absolute Gasteiger partial charge is 0.493 e. The van der Waals surface area contributed by atoms with E-state index in [0.29, 0.717) is 22.8 Å². The highest BCUT2D eigenvalue weighted by atomic mass is 16.5. The van der Waals surface area contributed by atoms with E-state index in [4.69, 9.17) is 9.47 Å². The highest BCUT2D eigenvalue weighted by Gasteiger charge is 2.24. The van der Waals surface area contributed by atoms with Crippen molar-refractivity contribution in [3.05, 3.63) is 59.2 Å². The minimum Gasteiger partial charge on any atom is -0.493 e. The predicted octanol–water partition coefficient (Wildman–Crippen LogP) is 2.70. The molecule has 0 fully saturated rings. The fourth-order valence-electron chi connectivity index (χ4n) is 2.30. The Labute approximate surface area is 116 Å². The molecule has 0 spiro atoms. The molecule has 20 heavy (non-hydrogen) atoms. The number of benzene rings is 2. The van der Waals surface area contributed by atoms with E-state index in [1.165, 1.54) is 0 Å². The maximum absolute atomic E-state index is 11.9. The van der Waals surface area contributed by atoms with Gasteiger partial charge in [-0.3, -0.25) is 4.79 Å². The van der Waals surface area contributed by atoms with Gasteiger partial charge in [-0.2, -0.15) is 0 Å². The van der Waals surface area contributed by atoms with Crippen molar-refractivity contribution in [2.75, 3.05) is 14.2 Å². The number of ether oxygens (including phenoxy) is 2. The van der Waals surface area contributed by atoms with E-state index >= 15 is 0 Å². The van der Waals surface area contributed by atoms with Crippen molar-refractivity contribution in [1.29, 1.82) is 0 Å². The second-order valence-electron chi connectivity index (χ2n) is 4.38. The monoisotopic (exact) mass is 267 g/mol. The molecule has 0 N–H and O–H groups in total. The molecule has 2 aromatic carbocycles. The van der Waals surface area contributed by atoms with Crippen molar-refractivity contribution in [3.8, 4) is 11.5 Å². The topological polar surface area (TPSA) is 47.9 Å². The number of aliphatic imine (C=N–C) groups is 1. The van der Waals surface area contributed by atoms with Crippen LogP contribution in [0, 0.1) is 0 Å². The van der Waals surface area contributed by atoms with Gasteiger partial charge in [-0.1, -0.05) is 18.2 Å². The summed E-state index contributed by atoms with van der Waals surface area (Å²) in [6.07, 6.45) is 0. The van der Waals surface area contributed by atoms with E-state index in [1.54, 1.807) is 20.3 Å². The van der Waals surface area contributed by atoms with Crippen molar-refractivity contribution < 1.29 is 14.3 Å². The molecule has 0 atom stereocenters.